The molecule has 2 N–H and O–H groups in total. The van der Waals surface area contributed by atoms with Crippen molar-refractivity contribution in [2.24, 2.45) is 5.73 Å². The summed E-state index contributed by atoms with van der Waals surface area (Å²) in [5, 5.41) is 8.95. The Morgan fingerprint density at radius 3 is 2.14 bits per heavy atom. The van der Waals surface area contributed by atoms with Crippen molar-refractivity contribution in [3.8, 4) is 0 Å². The van der Waals surface area contributed by atoms with Crippen molar-refractivity contribution in [2.45, 2.75) is 53.1 Å². The minimum atomic E-state index is 0.377. The first-order valence-corrected chi connectivity index (χ1v) is 7.98. The van der Waals surface area contributed by atoms with Crippen LogP contribution in [0.15, 0.2) is 0 Å². The van der Waals surface area contributed by atoms with E-state index in [2.05, 4.69) is 61.8 Å². The first-order chi connectivity index (χ1) is 9.99. The lowest BCUT2D eigenvalue weighted by molar-refractivity contribution is 0.371. The summed E-state index contributed by atoms with van der Waals surface area (Å²) in [6.07, 6.45) is 1.86. The van der Waals surface area contributed by atoms with Crippen LogP contribution in [0.4, 0.5) is 5.82 Å². The molecule has 0 aliphatic carbocycles. The van der Waals surface area contributed by atoms with Gasteiger partial charge in [0, 0.05) is 31.2 Å². The maximum Gasteiger partial charge on any atom is 0.156 e. The predicted molar refractivity (Wildman–Crippen MR) is 89.7 cm³/mol. The average molecular weight is 293 g/mol. The molecule has 0 saturated heterocycles. The Labute approximate surface area is 129 Å². The van der Waals surface area contributed by atoms with Crippen LogP contribution in [0.25, 0.3) is 0 Å². The fourth-order valence-corrected chi connectivity index (χ4v) is 2.98. The van der Waals surface area contributed by atoms with E-state index in [1.807, 2.05) is 0 Å². The Morgan fingerprint density at radius 2 is 1.71 bits per heavy atom. The predicted octanol–water partition coefficient (Wildman–Crippen LogP) is 1.84. The molecule has 0 saturated carbocycles. The van der Waals surface area contributed by atoms with E-state index in [1.165, 1.54) is 5.56 Å². The van der Waals surface area contributed by atoms with Gasteiger partial charge in [-0.15, -0.1) is 5.10 Å². The monoisotopic (exact) mass is 293 g/mol. The van der Waals surface area contributed by atoms with Gasteiger partial charge in [-0.3, -0.25) is 0 Å². The van der Waals surface area contributed by atoms with Crippen molar-refractivity contribution < 1.29 is 0 Å². The van der Waals surface area contributed by atoms with Gasteiger partial charge >= 0.3 is 0 Å². The summed E-state index contributed by atoms with van der Waals surface area (Å²) >= 11 is 0. The van der Waals surface area contributed by atoms with Crippen molar-refractivity contribution in [3.05, 3.63) is 16.8 Å². The number of nitrogens with zero attached hydrogens (tertiary/aromatic N) is 4. The van der Waals surface area contributed by atoms with Gasteiger partial charge in [-0.2, -0.15) is 5.10 Å². The third-order valence-electron chi connectivity index (χ3n) is 3.91. The van der Waals surface area contributed by atoms with Crippen LogP contribution in [0.1, 0.15) is 44.5 Å². The van der Waals surface area contributed by atoms with E-state index in [-0.39, 0.29) is 0 Å². The van der Waals surface area contributed by atoms with Crippen molar-refractivity contribution in [1.29, 1.82) is 0 Å². The summed E-state index contributed by atoms with van der Waals surface area (Å²) in [6.45, 7) is 11.1. The van der Waals surface area contributed by atoms with E-state index in [4.69, 9.17) is 5.73 Å². The standard InChI is InChI=1S/C16H31N5/c1-7-13-14(10-17)16(19-18-15(13)8-2)21(9-3)12(4)11-20(5)6/h12H,7-11,17H2,1-6H3. The van der Waals surface area contributed by atoms with Gasteiger partial charge in [-0.1, -0.05) is 13.8 Å². The van der Waals surface area contributed by atoms with Crippen molar-refractivity contribution in [1.82, 2.24) is 15.1 Å². The molecular formula is C16H31N5. The number of hydrogen-bond donors (Lipinski definition) is 1. The van der Waals surface area contributed by atoms with Gasteiger partial charge in [-0.05, 0) is 46.3 Å². The van der Waals surface area contributed by atoms with Crippen molar-refractivity contribution in [3.63, 3.8) is 0 Å². The molecule has 1 heterocycles. The molecule has 0 radical (unpaired) electrons. The lowest BCUT2D eigenvalue weighted by Gasteiger charge is -2.32. The summed E-state index contributed by atoms with van der Waals surface area (Å²) in [6, 6.07) is 0.377. The van der Waals surface area contributed by atoms with Gasteiger partial charge < -0.3 is 15.5 Å². The van der Waals surface area contributed by atoms with Gasteiger partial charge in [0.25, 0.3) is 0 Å². The summed E-state index contributed by atoms with van der Waals surface area (Å²) in [5.41, 5.74) is 9.56. The first kappa shape index (κ1) is 17.9. The molecule has 0 amide bonds. The molecule has 0 aliphatic heterocycles. The van der Waals surface area contributed by atoms with E-state index in [9.17, 15) is 0 Å². The largest absolute Gasteiger partial charge is 0.351 e. The zero-order chi connectivity index (χ0) is 16.0. The second-order valence-electron chi connectivity index (χ2n) is 5.74. The van der Waals surface area contributed by atoms with Gasteiger partial charge in [0.15, 0.2) is 5.82 Å². The molecule has 21 heavy (non-hydrogen) atoms. The lowest BCUT2D eigenvalue weighted by Crippen LogP contribution is -2.41. The fourth-order valence-electron chi connectivity index (χ4n) is 2.98. The Bertz CT molecular complexity index is 445. The van der Waals surface area contributed by atoms with Crippen molar-refractivity contribution in [2.75, 3.05) is 32.1 Å². The van der Waals surface area contributed by atoms with Crippen LogP contribution in [0.5, 0.6) is 0 Å². The summed E-state index contributed by atoms with van der Waals surface area (Å²) in [7, 11) is 4.19. The second-order valence-corrected chi connectivity index (χ2v) is 5.74. The van der Waals surface area contributed by atoms with Crippen LogP contribution in [0.2, 0.25) is 0 Å². The van der Waals surface area contributed by atoms with Gasteiger partial charge in [0.2, 0.25) is 0 Å². The number of likely N-dealkylation sites (N-methyl/N-ethyl adjacent to an activating group) is 2. The Kier molecular flexibility index (Phi) is 7.05. The smallest absolute Gasteiger partial charge is 0.156 e. The topological polar surface area (TPSA) is 58.3 Å². The third-order valence-corrected chi connectivity index (χ3v) is 3.91. The van der Waals surface area contributed by atoms with E-state index < -0.39 is 0 Å². The van der Waals surface area contributed by atoms with E-state index in [1.54, 1.807) is 0 Å². The molecule has 5 heteroatoms. The maximum absolute atomic E-state index is 6.04. The minimum Gasteiger partial charge on any atom is -0.351 e. The second kappa shape index (κ2) is 8.29. The Hall–Kier alpha value is -1.20. The number of rotatable bonds is 8. The third kappa shape index (κ3) is 4.14. The van der Waals surface area contributed by atoms with Crippen LogP contribution in [-0.4, -0.2) is 48.3 Å². The fraction of sp³-hybridized carbons (Fsp3) is 0.750. The molecule has 1 aromatic heterocycles. The normalized spacial score (nSPS) is 12.8. The quantitative estimate of drug-likeness (QED) is 0.792. The Morgan fingerprint density at radius 1 is 1.05 bits per heavy atom. The summed E-state index contributed by atoms with van der Waals surface area (Å²) in [4.78, 5) is 4.51. The molecule has 1 rings (SSSR count). The van der Waals surface area contributed by atoms with E-state index >= 15 is 0 Å². The average Bonchev–Trinajstić information content (AvgIpc) is 2.46. The van der Waals surface area contributed by atoms with E-state index in [0.717, 1.165) is 43.0 Å². The van der Waals surface area contributed by atoms with Crippen molar-refractivity contribution >= 4 is 5.82 Å². The number of aromatic nitrogens is 2. The highest BCUT2D eigenvalue weighted by molar-refractivity contribution is 5.52. The van der Waals surface area contributed by atoms with Gasteiger partial charge in [-0.25, -0.2) is 0 Å². The maximum atomic E-state index is 6.04. The minimum absolute atomic E-state index is 0.377. The highest BCUT2D eigenvalue weighted by Crippen LogP contribution is 2.25. The number of hydrogen-bond acceptors (Lipinski definition) is 5. The highest BCUT2D eigenvalue weighted by atomic mass is 15.3. The molecule has 120 valence electrons. The number of nitrogens with two attached hydrogens (primary N) is 1. The number of aryl methyl sites for hydroxylation is 1. The first-order valence-electron chi connectivity index (χ1n) is 7.98. The SMILES string of the molecule is CCc1nnc(N(CC)C(C)CN(C)C)c(CN)c1CC. The molecule has 5 nitrogen and oxygen atoms in total. The molecule has 0 aromatic carbocycles. The molecule has 1 unspecified atom stereocenters. The zero-order valence-corrected chi connectivity index (χ0v) is 14.5. The molecule has 0 fully saturated rings. The van der Waals surface area contributed by atoms with Crippen LogP contribution in [-0.2, 0) is 19.4 Å². The van der Waals surface area contributed by atoms with E-state index in [0.29, 0.717) is 12.6 Å². The molecule has 0 spiro atoms. The Balaban J connectivity index is 3.26. The van der Waals surface area contributed by atoms with Gasteiger partial charge in [0.05, 0.1) is 5.69 Å². The molecule has 0 bridgehead atoms. The van der Waals surface area contributed by atoms with Crippen LogP contribution in [0, 0.1) is 0 Å². The highest BCUT2D eigenvalue weighted by Gasteiger charge is 2.21. The summed E-state index contributed by atoms with van der Waals surface area (Å²) < 4.78 is 0. The molecule has 1 aromatic rings. The van der Waals surface area contributed by atoms with Crippen LogP contribution < -0.4 is 10.6 Å². The molecule has 1 atom stereocenters. The zero-order valence-electron chi connectivity index (χ0n) is 14.5. The number of anilines is 1. The summed E-state index contributed by atoms with van der Waals surface area (Å²) in [5.74, 6) is 0.961. The molecular weight excluding hydrogens is 262 g/mol. The van der Waals surface area contributed by atoms with Crippen LogP contribution in [0.3, 0.4) is 0 Å². The lowest BCUT2D eigenvalue weighted by atomic mass is 10.0. The molecule has 0 aliphatic rings. The van der Waals surface area contributed by atoms with Gasteiger partial charge in [0.1, 0.15) is 0 Å². The van der Waals surface area contributed by atoms with Crippen LogP contribution >= 0.6 is 0 Å².